The highest BCUT2D eigenvalue weighted by Gasteiger charge is 2.18. The van der Waals surface area contributed by atoms with Gasteiger partial charge in [-0.2, -0.15) is 0 Å². The van der Waals surface area contributed by atoms with Gasteiger partial charge in [-0.25, -0.2) is 0 Å². The second-order valence-corrected chi connectivity index (χ2v) is 6.04. The fourth-order valence-corrected chi connectivity index (χ4v) is 2.56. The van der Waals surface area contributed by atoms with Crippen LogP contribution in [0.25, 0.3) is 0 Å². The Morgan fingerprint density at radius 1 is 1.29 bits per heavy atom. The molecule has 21 heavy (non-hydrogen) atoms. The van der Waals surface area contributed by atoms with Crippen LogP contribution in [0.15, 0.2) is 22.9 Å². The fraction of sp³-hybridized carbons (Fsp3) is 0.600. The van der Waals surface area contributed by atoms with Crippen molar-refractivity contribution in [1.82, 2.24) is 25.0 Å². The maximum Gasteiger partial charge on any atom is 0.147 e. The number of fused-ring (bicyclic) bond motifs is 1. The molecule has 1 N–H and O–H groups in total. The zero-order valence-electron chi connectivity index (χ0n) is 12.7. The molecule has 1 aliphatic heterocycles. The van der Waals surface area contributed by atoms with Crippen molar-refractivity contribution in [3.05, 3.63) is 35.8 Å². The smallest absolute Gasteiger partial charge is 0.147 e. The van der Waals surface area contributed by atoms with E-state index in [2.05, 4.69) is 51.0 Å². The third-order valence-electron chi connectivity index (χ3n) is 3.67. The third kappa shape index (κ3) is 3.71. The molecule has 0 fully saturated rings. The van der Waals surface area contributed by atoms with Crippen molar-refractivity contribution in [3.8, 4) is 0 Å². The molecule has 0 bridgehead atoms. The second-order valence-electron chi connectivity index (χ2n) is 6.04. The first-order valence-electron chi connectivity index (χ1n) is 7.58. The SMILES string of the molecule is CC(C)CNCc1ccc(CN2CCn3cnnc3C2)o1. The summed E-state index contributed by atoms with van der Waals surface area (Å²) in [5.74, 6) is 3.71. The van der Waals surface area contributed by atoms with E-state index in [4.69, 9.17) is 4.42 Å². The van der Waals surface area contributed by atoms with Gasteiger partial charge in [0.25, 0.3) is 0 Å². The number of nitrogens with one attached hydrogen (secondary N) is 1. The molecule has 0 saturated heterocycles. The van der Waals surface area contributed by atoms with E-state index < -0.39 is 0 Å². The molecule has 0 unspecified atom stereocenters. The Morgan fingerprint density at radius 3 is 3.00 bits per heavy atom. The zero-order valence-corrected chi connectivity index (χ0v) is 12.7. The lowest BCUT2D eigenvalue weighted by Crippen LogP contribution is -2.33. The van der Waals surface area contributed by atoms with Gasteiger partial charge in [-0.1, -0.05) is 13.8 Å². The summed E-state index contributed by atoms with van der Waals surface area (Å²) in [6.45, 7) is 9.84. The quantitative estimate of drug-likeness (QED) is 0.876. The summed E-state index contributed by atoms with van der Waals surface area (Å²) in [4.78, 5) is 2.34. The number of nitrogens with zero attached hydrogens (tertiary/aromatic N) is 4. The van der Waals surface area contributed by atoms with E-state index in [1.54, 1.807) is 6.33 Å². The molecule has 0 radical (unpaired) electrons. The Morgan fingerprint density at radius 2 is 2.14 bits per heavy atom. The van der Waals surface area contributed by atoms with E-state index in [1.165, 1.54) is 0 Å². The van der Waals surface area contributed by atoms with Gasteiger partial charge in [-0.05, 0) is 24.6 Å². The number of furan rings is 1. The normalized spacial score (nSPS) is 15.6. The van der Waals surface area contributed by atoms with Crippen LogP contribution in [0.1, 0.15) is 31.2 Å². The van der Waals surface area contributed by atoms with Crippen LogP contribution >= 0.6 is 0 Å². The van der Waals surface area contributed by atoms with Crippen LogP contribution in [0, 0.1) is 5.92 Å². The predicted octanol–water partition coefficient (Wildman–Crippen LogP) is 1.63. The lowest BCUT2D eigenvalue weighted by atomic mass is 10.2. The Kier molecular flexibility index (Phi) is 4.36. The first-order chi connectivity index (χ1) is 10.2. The minimum atomic E-state index is 0.658. The van der Waals surface area contributed by atoms with E-state index in [0.717, 1.165) is 56.6 Å². The minimum absolute atomic E-state index is 0.658. The van der Waals surface area contributed by atoms with Crippen molar-refractivity contribution >= 4 is 0 Å². The number of aromatic nitrogens is 3. The molecular weight excluding hydrogens is 266 g/mol. The molecule has 1 aliphatic rings. The van der Waals surface area contributed by atoms with Crippen molar-refractivity contribution in [1.29, 1.82) is 0 Å². The molecule has 114 valence electrons. The van der Waals surface area contributed by atoms with Gasteiger partial charge in [-0.3, -0.25) is 4.90 Å². The topological polar surface area (TPSA) is 59.1 Å². The van der Waals surface area contributed by atoms with Crippen molar-refractivity contribution in [2.75, 3.05) is 13.1 Å². The van der Waals surface area contributed by atoms with E-state index in [0.29, 0.717) is 5.92 Å². The van der Waals surface area contributed by atoms with Crippen LogP contribution in [-0.2, 0) is 26.2 Å². The molecule has 0 aliphatic carbocycles. The number of hydrogen-bond donors (Lipinski definition) is 1. The average Bonchev–Trinajstić information content (AvgIpc) is 3.07. The summed E-state index contributed by atoms with van der Waals surface area (Å²) in [6.07, 6.45) is 1.80. The predicted molar refractivity (Wildman–Crippen MR) is 79.4 cm³/mol. The molecule has 2 aromatic heterocycles. The van der Waals surface area contributed by atoms with Gasteiger partial charge in [0.15, 0.2) is 0 Å². The molecule has 0 spiro atoms. The molecule has 6 nitrogen and oxygen atoms in total. The Labute approximate surface area is 125 Å². The fourth-order valence-electron chi connectivity index (χ4n) is 2.56. The number of rotatable bonds is 6. The third-order valence-corrected chi connectivity index (χ3v) is 3.67. The highest BCUT2D eigenvalue weighted by Crippen LogP contribution is 2.15. The van der Waals surface area contributed by atoms with E-state index >= 15 is 0 Å². The molecular formula is C15H23N5O. The van der Waals surface area contributed by atoms with Crippen LogP contribution in [0.3, 0.4) is 0 Å². The standard InChI is InChI=1S/C15H23N5O/c1-12(2)7-16-8-13-3-4-14(21-13)9-19-5-6-20-11-17-18-15(20)10-19/h3-4,11-12,16H,5-10H2,1-2H3. The zero-order chi connectivity index (χ0) is 14.7. The second kappa shape index (κ2) is 6.41. The van der Waals surface area contributed by atoms with Gasteiger partial charge < -0.3 is 14.3 Å². The first kappa shape index (κ1) is 14.3. The van der Waals surface area contributed by atoms with Gasteiger partial charge in [-0.15, -0.1) is 10.2 Å². The van der Waals surface area contributed by atoms with Crippen LogP contribution in [-0.4, -0.2) is 32.8 Å². The van der Waals surface area contributed by atoms with Gasteiger partial charge >= 0.3 is 0 Å². The van der Waals surface area contributed by atoms with E-state index in [1.807, 2.05) is 0 Å². The molecule has 0 amide bonds. The largest absolute Gasteiger partial charge is 0.463 e. The summed E-state index contributed by atoms with van der Waals surface area (Å²) < 4.78 is 8.00. The van der Waals surface area contributed by atoms with Gasteiger partial charge in [0.05, 0.1) is 19.6 Å². The van der Waals surface area contributed by atoms with Gasteiger partial charge in [0.1, 0.15) is 23.7 Å². The van der Waals surface area contributed by atoms with Crippen molar-refractivity contribution in [2.24, 2.45) is 5.92 Å². The Balaban J connectivity index is 1.51. The lowest BCUT2D eigenvalue weighted by Gasteiger charge is -2.25. The Hall–Kier alpha value is -1.66. The average molecular weight is 289 g/mol. The van der Waals surface area contributed by atoms with E-state index in [-0.39, 0.29) is 0 Å². The summed E-state index contributed by atoms with van der Waals surface area (Å²) in [6, 6.07) is 4.14. The Bertz CT molecular complexity index is 574. The molecule has 3 heterocycles. The molecule has 6 heteroatoms. The molecule has 3 rings (SSSR count). The molecule has 0 atom stereocenters. The molecule has 0 saturated carbocycles. The van der Waals surface area contributed by atoms with E-state index in [9.17, 15) is 0 Å². The number of hydrogen-bond acceptors (Lipinski definition) is 5. The van der Waals surface area contributed by atoms with Crippen molar-refractivity contribution in [2.45, 2.75) is 40.0 Å². The first-order valence-corrected chi connectivity index (χ1v) is 7.58. The minimum Gasteiger partial charge on any atom is -0.463 e. The highest BCUT2D eigenvalue weighted by molar-refractivity contribution is 5.07. The van der Waals surface area contributed by atoms with Gasteiger partial charge in [0, 0.05) is 13.1 Å². The maximum atomic E-state index is 5.89. The lowest BCUT2D eigenvalue weighted by molar-refractivity contribution is 0.192. The van der Waals surface area contributed by atoms with Crippen LogP contribution < -0.4 is 5.32 Å². The monoisotopic (exact) mass is 289 g/mol. The highest BCUT2D eigenvalue weighted by atomic mass is 16.3. The maximum absolute atomic E-state index is 5.89. The molecule has 0 aromatic carbocycles. The van der Waals surface area contributed by atoms with Crippen molar-refractivity contribution in [3.63, 3.8) is 0 Å². The summed E-state index contributed by atoms with van der Waals surface area (Å²) in [5, 5.41) is 11.5. The van der Waals surface area contributed by atoms with Crippen LogP contribution in [0.2, 0.25) is 0 Å². The van der Waals surface area contributed by atoms with Crippen LogP contribution in [0.4, 0.5) is 0 Å². The summed E-state index contributed by atoms with van der Waals surface area (Å²) in [7, 11) is 0. The van der Waals surface area contributed by atoms with Gasteiger partial charge in [0.2, 0.25) is 0 Å². The van der Waals surface area contributed by atoms with Crippen molar-refractivity contribution < 1.29 is 4.42 Å². The summed E-state index contributed by atoms with van der Waals surface area (Å²) >= 11 is 0. The van der Waals surface area contributed by atoms with Crippen LogP contribution in [0.5, 0.6) is 0 Å². The molecule has 2 aromatic rings. The summed E-state index contributed by atoms with van der Waals surface area (Å²) in [5.41, 5.74) is 0.